The van der Waals surface area contributed by atoms with Crippen LogP contribution in [0.15, 0.2) is 5.38 Å². The highest BCUT2D eigenvalue weighted by atomic mass is 32.1. The second-order valence-corrected chi connectivity index (χ2v) is 5.90. The third kappa shape index (κ3) is 3.03. The highest BCUT2D eigenvalue weighted by Gasteiger charge is 2.20. The predicted molar refractivity (Wildman–Crippen MR) is 68.9 cm³/mol. The van der Waals surface area contributed by atoms with Crippen molar-refractivity contribution in [3.63, 3.8) is 0 Å². The molecule has 0 aromatic carbocycles. The Kier molecular flexibility index (Phi) is 3.95. The molecule has 0 spiro atoms. The second-order valence-electron chi connectivity index (χ2n) is 4.84. The van der Waals surface area contributed by atoms with Gasteiger partial charge in [-0.1, -0.05) is 0 Å². The predicted octanol–water partition coefficient (Wildman–Crippen LogP) is 2.05. The lowest BCUT2D eigenvalue weighted by molar-refractivity contribution is 0.381. The van der Waals surface area contributed by atoms with Crippen LogP contribution in [0.5, 0.6) is 0 Å². The van der Waals surface area contributed by atoms with Gasteiger partial charge >= 0.3 is 0 Å². The molecule has 0 saturated carbocycles. The summed E-state index contributed by atoms with van der Waals surface area (Å²) in [7, 11) is 2.20. The summed E-state index contributed by atoms with van der Waals surface area (Å²) in [5.41, 5.74) is 1.19. The van der Waals surface area contributed by atoms with Crippen LogP contribution in [0.2, 0.25) is 0 Å². The number of thiazole rings is 1. The van der Waals surface area contributed by atoms with E-state index in [1.54, 1.807) is 11.3 Å². The summed E-state index contributed by atoms with van der Waals surface area (Å²) >= 11 is 1.73. The van der Waals surface area contributed by atoms with Crippen LogP contribution in [0.4, 0.5) is 0 Å². The Labute approximate surface area is 102 Å². The van der Waals surface area contributed by atoms with E-state index >= 15 is 0 Å². The molecule has 2 unspecified atom stereocenters. The van der Waals surface area contributed by atoms with Gasteiger partial charge in [-0.15, -0.1) is 11.3 Å². The zero-order chi connectivity index (χ0) is 11.5. The number of nitrogens with zero attached hydrogens (tertiary/aromatic N) is 2. The van der Waals surface area contributed by atoms with Crippen molar-refractivity contribution in [2.24, 2.45) is 5.92 Å². The summed E-state index contributed by atoms with van der Waals surface area (Å²) in [6.07, 6.45) is 1.33. The van der Waals surface area contributed by atoms with E-state index in [4.69, 9.17) is 0 Å². The molecule has 0 radical (unpaired) electrons. The van der Waals surface area contributed by atoms with Gasteiger partial charge < -0.3 is 10.2 Å². The number of aromatic nitrogens is 1. The molecular weight excluding hydrogens is 218 g/mol. The van der Waals surface area contributed by atoms with Crippen molar-refractivity contribution in [1.29, 1.82) is 0 Å². The minimum Gasteiger partial charge on any atom is -0.309 e. The monoisotopic (exact) mass is 239 g/mol. The van der Waals surface area contributed by atoms with Gasteiger partial charge in [-0.3, -0.25) is 0 Å². The molecule has 2 atom stereocenters. The summed E-state index contributed by atoms with van der Waals surface area (Å²) in [5.74, 6) is 0.812. The normalized spacial score (nSPS) is 23.8. The first-order chi connectivity index (χ1) is 7.65. The average Bonchev–Trinajstić information content (AvgIpc) is 2.84. The third-order valence-corrected chi connectivity index (χ3v) is 4.07. The largest absolute Gasteiger partial charge is 0.309 e. The molecule has 90 valence electrons. The van der Waals surface area contributed by atoms with Crippen molar-refractivity contribution >= 4 is 11.3 Å². The molecule has 1 aromatic rings. The number of likely N-dealkylation sites (tertiary alicyclic amines) is 1. The molecule has 0 amide bonds. The van der Waals surface area contributed by atoms with E-state index in [2.05, 4.69) is 41.5 Å². The molecule has 4 heteroatoms. The molecule has 1 saturated heterocycles. The Morgan fingerprint density at radius 3 is 3.06 bits per heavy atom. The maximum Gasteiger partial charge on any atom is 0.0898 e. The number of hydrogen-bond donors (Lipinski definition) is 1. The summed E-state index contributed by atoms with van der Waals surface area (Å²) in [6, 6.07) is 0.385. The van der Waals surface area contributed by atoms with Crippen molar-refractivity contribution in [2.45, 2.75) is 26.3 Å². The van der Waals surface area contributed by atoms with Crippen LogP contribution in [0.1, 0.15) is 30.1 Å². The molecule has 1 N–H and O–H groups in total. The number of hydrogen-bond acceptors (Lipinski definition) is 4. The van der Waals surface area contributed by atoms with Gasteiger partial charge in [0.25, 0.3) is 0 Å². The molecule has 0 aliphatic carbocycles. The van der Waals surface area contributed by atoms with Crippen LogP contribution in [-0.4, -0.2) is 36.6 Å². The van der Waals surface area contributed by atoms with Crippen molar-refractivity contribution < 1.29 is 0 Å². The SMILES string of the molecule is Cc1nc(C(C)NCC2CCN(C)C2)cs1. The maximum absolute atomic E-state index is 4.52. The Morgan fingerprint density at radius 1 is 1.69 bits per heavy atom. The fraction of sp³-hybridized carbons (Fsp3) is 0.750. The van der Waals surface area contributed by atoms with Crippen molar-refractivity contribution in [2.75, 3.05) is 26.7 Å². The minimum atomic E-state index is 0.385. The van der Waals surface area contributed by atoms with Gasteiger partial charge in [0.2, 0.25) is 0 Å². The molecule has 2 rings (SSSR count). The van der Waals surface area contributed by atoms with Gasteiger partial charge in [0.05, 0.1) is 10.7 Å². The average molecular weight is 239 g/mol. The first-order valence-electron chi connectivity index (χ1n) is 5.99. The molecule has 1 aliphatic heterocycles. The Morgan fingerprint density at radius 2 is 2.50 bits per heavy atom. The number of nitrogens with one attached hydrogen (secondary N) is 1. The fourth-order valence-corrected chi connectivity index (χ4v) is 2.93. The molecule has 1 aliphatic rings. The number of rotatable bonds is 4. The van der Waals surface area contributed by atoms with E-state index in [9.17, 15) is 0 Å². The van der Waals surface area contributed by atoms with Crippen molar-refractivity contribution in [3.8, 4) is 0 Å². The fourth-order valence-electron chi connectivity index (χ4n) is 2.22. The molecular formula is C12H21N3S. The lowest BCUT2D eigenvalue weighted by Gasteiger charge is -2.15. The summed E-state index contributed by atoms with van der Waals surface area (Å²) in [5, 5.41) is 6.91. The second kappa shape index (κ2) is 5.25. The van der Waals surface area contributed by atoms with Gasteiger partial charge in [-0.2, -0.15) is 0 Å². The van der Waals surface area contributed by atoms with E-state index in [-0.39, 0.29) is 0 Å². The standard InChI is InChI=1S/C12H21N3S/c1-9(12-8-16-10(2)14-12)13-6-11-4-5-15(3)7-11/h8-9,11,13H,4-7H2,1-3H3. The molecule has 1 aromatic heterocycles. The summed E-state index contributed by atoms with van der Waals surface area (Å²) in [6.45, 7) is 7.86. The minimum absolute atomic E-state index is 0.385. The zero-order valence-corrected chi connectivity index (χ0v) is 11.2. The smallest absolute Gasteiger partial charge is 0.0898 e. The summed E-state index contributed by atoms with van der Waals surface area (Å²) < 4.78 is 0. The first-order valence-corrected chi connectivity index (χ1v) is 6.87. The van der Waals surface area contributed by atoms with E-state index in [0.717, 1.165) is 17.5 Å². The summed E-state index contributed by atoms with van der Waals surface area (Å²) in [4.78, 5) is 6.92. The lowest BCUT2D eigenvalue weighted by Crippen LogP contribution is -2.27. The quantitative estimate of drug-likeness (QED) is 0.871. The zero-order valence-electron chi connectivity index (χ0n) is 10.4. The van der Waals surface area contributed by atoms with E-state index in [0.29, 0.717) is 6.04 Å². The van der Waals surface area contributed by atoms with Gasteiger partial charge in [-0.05, 0) is 46.3 Å². The highest BCUT2D eigenvalue weighted by molar-refractivity contribution is 7.09. The van der Waals surface area contributed by atoms with Gasteiger partial charge in [0.15, 0.2) is 0 Å². The molecule has 3 nitrogen and oxygen atoms in total. The van der Waals surface area contributed by atoms with Crippen LogP contribution in [0.25, 0.3) is 0 Å². The van der Waals surface area contributed by atoms with Gasteiger partial charge in [0.1, 0.15) is 0 Å². The van der Waals surface area contributed by atoms with E-state index in [1.165, 1.54) is 25.2 Å². The Bertz CT molecular complexity index is 337. The van der Waals surface area contributed by atoms with Crippen molar-refractivity contribution in [3.05, 3.63) is 16.1 Å². The molecule has 2 heterocycles. The number of aryl methyl sites for hydroxylation is 1. The Balaban J connectivity index is 1.77. The lowest BCUT2D eigenvalue weighted by atomic mass is 10.1. The molecule has 0 bridgehead atoms. The topological polar surface area (TPSA) is 28.2 Å². The Hall–Kier alpha value is -0.450. The van der Waals surface area contributed by atoms with Crippen LogP contribution in [0.3, 0.4) is 0 Å². The van der Waals surface area contributed by atoms with Gasteiger partial charge in [0, 0.05) is 18.0 Å². The van der Waals surface area contributed by atoms with Crippen molar-refractivity contribution in [1.82, 2.24) is 15.2 Å². The van der Waals surface area contributed by atoms with E-state index < -0.39 is 0 Å². The van der Waals surface area contributed by atoms with Crippen LogP contribution < -0.4 is 5.32 Å². The third-order valence-electron chi connectivity index (χ3n) is 3.28. The molecule has 1 fully saturated rings. The first kappa shape index (κ1) is 12.0. The van der Waals surface area contributed by atoms with Crippen LogP contribution in [-0.2, 0) is 0 Å². The van der Waals surface area contributed by atoms with E-state index in [1.807, 2.05) is 0 Å². The molecule has 16 heavy (non-hydrogen) atoms. The maximum atomic E-state index is 4.52. The van der Waals surface area contributed by atoms with Crippen LogP contribution in [0, 0.1) is 12.8 Å². The van der Waals surface area contributed by atoms with Crippen LogP contribution >= 0.6 is 11.3 Å². The highest BCUT2D eigenvalue weighted by Crippen LogP contribution is 2.18. The van der Waals surface area contributed by atoms with Gasteiger partial charge in [-0.25, -0.2) is 4.98 Å².